The van der Waals surface area contributed by atoms with Crippen LogP contribution in [0.15, 0.2) is 51.3 Å². The summed E-state index contributed by atoms with van der Waals surface area (Å²) in [5, 5.41) is 2.05. The zero-order valence-corrected chi connectivity index (χ0v) is 19.3. The quantitative estimate of drug-likeness (QED) is 0.239. The van der Waals surface area contributed by atoms with Gasteiger partial charge in [0, 0.05) is 21.5 Å². The molecule has 0 saturated carbocycles. The Bertz CT molecular complexity index is 1820. The van der Waals surface area contributed by atoms with E-state index >= 15 is 8.78 Å². The zero-order valence-electron chi connectivity index (χ0n) is 19.3. The number of benzene rings is 4. The molecule has 0 aliphatic heterocycles. The summed E-state index contributed by atoms with van der Waals surface area (Å²) in [5.41, 5.74) is 2.35. The van der Waals surface area contributed by atoms with E-state index in [0.717, 1.165) is 5.56 Å². The van der Waals surface area contributed by atoms with E-state index in [2.05, 4.69) is 0 Å². The molecule has 0 aliphatic rings. The normalized spacial score (nSPS) is 12.1. The summed E-state index contributed by atoms with van der Waals surface area (Å²) in [4.78, 5) is 0. The second-order valence-corrected chi connectivity index (χ2v) is 9.14. The van der Waals surface area contributed by atoms with E-state index < -0.39 is 23.3 Å². The molecule has 4 aromatic carbocycles. The van der Waals surface area contributed by atoms with Crippen LogP contribution in [0.1, 0.15) is 27.8 Å². The first-order valence-electron chi connectivity index (χ1n) is 11.3. The van der Waals surface area contributed by atoms with Crippen LogP contribution < -0.4 is 0 Å². The van der Waals surface area contributed by atoms with Crippen molar-refractivity contribution >= 4 is 43.9 Å². The minimum Gasteiger partial charge on any atom is -0.450 e. The Morgan fingerprint density at radius 2 is 1.00 bits per heavy atom. The molecule has 0 aliphatic carbocycles. The Morgan fingerprint density at radius 1 is 0.514 bits per heavy atom. The van der Waals surface area contributed by atoms with Gasteiger partial charge in [0.05, 0.1) is 0 Å². The minimum atomic E-state index is -0.589. The van der Waals surface area contributed by atoms with Gasteiger partial charge >= 0.3 is 0 Å². The van der Waals surface area contributed by atoms with Crippen LogP contribution in [-0.2, 0) is 12.8 Å². The highest BCUT2D eigenvalue weighted by atomic mass is 19.1. The van der Waals surface area contributed by atoms with E-state index in [0.29, 0.717) is 43.8 Å². The van der Waals surface area contributed by atoms with Gasteiger partial charge in [-0.2, -0.15) is 0 Å². The first-order chi connectivity index (χ1) is 16.8. The summed E-state index contributed by atoms with van der Waals surface area (Å²) in [6.45, 7) is 5.09. The predicted molar refractivity (Wildman–Crippen MR) is 129 cm³/mol. The van der Waals surface area contributed by atoms with Crippen molar-refractivity contribution in [2.24, 2.45) is 0 Å². The molecule has 0 unspecified atom stereocenters. The topological polar surface area (TPSA) is 26.3 Å². The van der Waals surface area contributed by atoms with E-state index in [9.17, 15) is 8.78 Å². The van der Waals surface area contributed by atoms with Crippen molar-refractivity contribution in [2.75, 3.05) is 0 Å². The summed E-state index contributed by atoms with van der Waals surface area (Å²) in [5.74, 6) is -2.19. The number of aryl methyl sites for hydroxylation is 5. The highest BCUT2D eigenvalue weighted by molar-refractivity contribution is 6.07. The summed E-state index contributed by atoms with van der Waals surface area (Å²) >= 11 is 0. The lowest BCUT2D eigenvalue weighted by atomic mass is 9.99. The van der Waals surface area contributed by atoms with E-state index in [4.69, 9.17) is 8.83 Å². The third-order valence-corrected chi connectivity index (χ3v) is 6.88. The van der Waals surface area contributed by atoms with Gasteiger partial charge in [-0.15, -0.1) is 0 Å². The van der Waals surface area contributed by atoms with Gasteiger partial charge in [-0.25, -0.2) is 17.6 Å². The fraction of sp³-hybridized carbons (Fsp3) is 0.172. The highest BCUT2D eigenvalue weighted by Crippen LogP contribution is 2.37. The standard InChI is InChI=1S/C29H20F4O2/c1-13-4-9-18-19-10-7-16(24(32)27(19)34-26(18)22(13)30)5-6-17-8-11-20-21-14(2)12-15(3)23(31)29(21)35-28(20)25(17)33/h4,7-12H,5-6H2,1-3H3. The molecule has 0 saturated heterocycles. The largest absolute Gasteiger partial charge is 0.450 e. The number of hydrogen-bond donors (Lipinski definition) is 0. The molecule has 0 spiro atoms. The van der Waals surface area contributed by atoms with Crippen LogP contribution in [0.5, 0.6) is 0 Å². The lowest BCUT2D eigenvalue weighted by Crippen LogP contribution is -1.98. The molecule has 2 nitrogen and oxygen atoms in total. The highest BCUT2D eigenvalue weighted by Gasteiger charge is 2.21. The maximum absolute atomic E-state index is 15.4. The molecule has 6 rings (SSSR count). The van der Waals surface area contributed by atoms with Crippen LogP contribution in [0.2, 0.25) is 0 Å². The first-order valence-corrected chi connectivity index (χ1v) is 11.3. The smallest absolute Gasteiger partial charge is 0.171 e. The van der Waals surface area contributed by atoms with Crippen LogP contribution >= 0.6 is 0 Å². The van der Waals surface area contributed by atoms with Crippen LogP contribution in [-0.4, -0.2) is 0 Å². The van der Waals surface area contributed by atoms with Gasteiger partial charge < -0.3 is 8.83 Å². The average molecular weight is 476 g/mol. The molecular weight excluding hydrogens is 456 g/mol. The molecule has 35 heavy (non-hydrogen) atoms. The molecule has 2 heterocycles. The van der Waals surface area contributed by atoms with Gasteiger partial charge in [-0.05, 0) is 73.6 Å². The average Bonchev–Trinajstić information content (AvgIpc) is 3.41. The van der Waals surface area contributed by atoms with E-state index in [1.165, 1.54) is 0 Å². The van der Waals surface area contributed by atoms with Gasteiger partial charge in [-0.1, -0.05) is 30.3 Å². The van der Waals surface area contributed by atoms with Gasteiger partial charge in [0.15, 0.2) is 45.6 Å². The Morgan fingerprint density at radius 3 is 1.66 bits per heavy atom. The minimum absolute atomic E-state index is 0.0100. The Labute approximate surface area is 197 Å². The van der Waals surface area contributed by atoms with Crippen molar-refractivity contribution in [1.29, 1.82) is 0 Å². The number of furan rings is 2. The van der Waals surface area contributed by atoms with Gasteiger partial charge in [0.2, 0.25) is 0 Å². The SMILES string of the molecule is Cc1ccc2c(oc3c(F)c(CCc4ccc5c(oc6c(F)c(C)cc(C)c65)c4F)ccc32)c1F. The summed E-state index contributed by atoms with van der Waals surface area (Å²) < 4.78 is 71.0. The molecule has 0 N–H and O–H groups in total. The van der Waals surface area contributed by atoms with Crippen molar-refractivity contribution in [3.05, 3.63) is 93.6 Å². The Balaban J connectivity index is 1.39. The molecular formula is C29H20F4O2. The van der Waals surface area contributed by atoms with Crippen molar-refractivity contribution < 1.29 is 26.4 Å². The van der Waals surface area contributed by atoms with Gasteiger partial charge in [0.25, 0.3) is 0 Å². The van der Waals surface area contributed by atoms with Crippen LogP contribution in [0, 0.1) is 44.0 Å². The summed E-state index contributed by atoms with van der Waals surface area (Å²) in [6.07, 6.45) is 0.380. The molecule has 6 aromatic rings. The molecule has 0 bridgehead atoms. The molecule has 0 atom stereocenters. The molecule has 0 fully saturated rings. The molecule has 2 aromatic heterocycles. The Hall–Kier alpha value is -3.80. The zero-order chi connectivity index (χ0) is 24.6. The fourth-order valence-corrected chi connectivity index (χ4v) is 4.99. The molecule has 6 heteroatoms. The van der Waals surface area contributed by atoms with Crippen LogP contribution in [0.3, 0.4) is 0 Å². The van der Waals surface area contributed by atoms with Crippen LogP contribution in [0.4, 0.5) is 17.6 Å². The van der Waals surface area contributed by atoms with Crippen molar-refractivity contribution in [3.8, 4) is 0 Å². The monoisotopic (exact) mass is 476 g/mol. The maximum Gasteiger partial charge on any atom is 0.171 e. The molecule has 0 amide bonds. The number of halogens is 4. The fourth-order valence-electron chi connectivity index (χ4n) is 4.99. The second-order valence-electron chi connectivity index (χ2n) is 9.14. The third-order valence-electron chi connectivity index (χ3n) is 6.88. The predicted octanol–water partition coefficient (Wildman–Crippen LogP) is 8.75. The van der Waals surface area contributed by atoms with E-state index in [1.54, 1.807) is 56.3 Å². The lowest BCUT2D eigenvalue weighted by molar-refractivity contribution is 0.544. The second kappa shape index (κ2) is 7.60. The Kier molecular flexibility index (Phi) is 4.72. The van der Waals surface area contributed by atoms with Crippen molar-refractivity contribution in [1.82, 2.24) is 0 Å². The van der Waals surface area contributed by atoms with Gasteiger partial charge in [0.1, 0.15) is 0 Å². The molecule has 0 radical (unpaired) electrons. The first kappa shape index (κ1) is 21.7. The summed E-state index contributed by atoms with van der Waals surface area (Å²) in [7, 11) is 0. The van der Waals surface area contributed by atoms with E-state index in [1.807, 2.05) is 6.92 Å². The van der Waals surface area contributed by atoms with Crippen molar-refractivity contribution in [2.45, 2.75) is 33.6 Å². The van der Waals surface area contributed by atoms with Crippen LogP contribution in [0.25, 0.3) is 43.9 Å². The van der Waals surface area contributed by atoms with Gasteiger partial charge in [-0.3, -0.25) is 0 Å². The number of rotatable bonds is 3. The lowest BCUT2D eigenvalue weighted by Gasteiger charge is -2.06. The van der Waals surface area contributed by atoms with Crippen molar-refractivity contribution in [3.63, 3.8) is 0 Å². The van der Waals surface area contributed by atoms with E-state index in [-0.39, 0.29) is 35.2 Å². The third kappa shape index (κ3) is 3.09. The number of fused-ring (bicyclic) bond motifs is 6. The maximum atomic E-state index is 15.4. The summed E-state index contributed by atoms with van der Waals surface area (Å²) in [6, 6.07) is 11.7. The number of hydrogen-bond acceptors (Lipinski definition) is 2. The molecule has 176 valence electrons.